The van der Waals surface area contributed by atoms with Crippen LogP contribution in [0.1, 0.15) is 30.6 Å². The molecule has 1 aromatic carbocycles. The summed E-state index contributed by atoms with van der Waals surface area (Å²) >= 11 is 0. The van der Waals surface area contributed by atoms with Crippen molar-refractivity contribution in [2.45, 2.75) is 26.3 Å². The van der Waals surface area contributed by atoms with Crippen molar-refractivity contribution in [3.63, 3.8) is 0 Å². The standard InChI is InChI=1S/C14H18FNO/c1-10-7-11(2)16(8-10)9-14(17)12-5-3-4-6-13(12)15/h3-6,10-11H,7-9H2,1-2H3. The largest absolute Gasteiger partial charge is 0.293 e. The van der Waals surface area contributed by atoms with Crippen molar-refractivity contribution in [2.24, 2.45) is 5.92 Å². The van der Waals surface area contributed by atoms with Crippen LogP contribution in [0, 0.1) is 11.7 Å². The lowest BCUT2D eigenvalue weighted by Gasteiger charge is -2.19. The topological polar surface area (TPSA) is 20.3 Å². The van der Waals surface area contributed by atoms with Gasteiger partial charge in [0.05, 0.1) is 12.1 Å². The Kier molecular flexibility index (Phi) is 3.57. The number of hydrogen-bond donors (Lipinski definition) is 0. The van der Waals surface area contributed by atoms with E-state index in [9.17, 15) is 9.18 Å². The van der Waals surface area contributed by atoms with Gasteiger partial charge in [-0.15, -0.1) is 0 Å². The minimum Gasteiger partial charge on any atom is -0.293 e. The molecule has 1 aliphatic heterocycles. The molecule has 0 N–H and O–H groups in total. The SMILES string of the molecule is CC1CC(C)N(CC(=O)c2ccccc2F)C1. The van der Waals surface area contributed by atoms with Gasteiger partial charge in [0.25, 0.3) is 0 Å². The number of carbonyl (C=O) groups excluding carboxylic acids is 1. The smallest absolute Gasteiger partial charge is 0.179 e. The molecule has 1 aromatic rings. The highest BCUT2D eigenvalue weighted by atomic mass is 19.1. The Labute approximate surface area is 101 Å². The molecule has 1 fully saturated rings. The van der Waals surface area contributed by atoms with Crippen molar-refractivity contribution >= 4 is 5.78 Å². The molecule has 1 heterocycles. The molecule has 0 spiro atoms. The maximum atomic E-state index is 13.4. The molecule has 0 amide bonds. The van der Waals surface area contributed by atoms with Gasteiger partial charge in [0, 0.05) is 12.6 Å². The summed E-state index contributed by atoms with van der Waals surface area (Å²) < 4.78 is 13.4. The summed E-state index contributed by atoms with van der Waals surface area (Å²) in [5, 5.41) is 0. The molecule has 0 saturated carbocycles. The van der Waals surface area contributed by atoms with Gasteiger partial charge in [0.1, 0.15) is 5.82 Å². The van der Waals surface area contributed by atoms with Crippen molar-refractivity contribution < 1.29 is 9.18 Å². The third-order valence-corrected chi connectivity index (χ3v) is 3.43. The number of ketones is 1. The van der Waals surface area contributed by atoms with Crippen LogP contribution >= 0.6 is 0 Å². The molecule has 2 rings (SSSR count). The first-order valence-corrected chi connectivity index (χ1v) is 6.09. The molecule has 17 heavy (non-hydrogen) atoms. The zero-order valence-electron chi connectivity index (χ0n) is 10.3. The average molecular weight is 235 g/mol. The highest BCUT2D eigenvalue weighted by molar-refractivity contribution is 5.97. The first kappa shape index (κ1) is 12.2. The van der Waals surface area contributed by atoms with Crippen LogP contribution in [0.5, 0.6) is 0 Å². The number of likely N-dealkylation sites (tertiary alicyclic amines) is 1. The molecule has 0 radical (unpaired) electrons. The van der Waals surface area contributed by atoms with Gasteiger partial charge in [-0.05, 0) is 31.4 Å². The second kappa shape index (κ2) is 4.96. The van der Waals surface area contributed by atoms with E-state index in [0.29, 0.717) is 18.5 Å². The van der Waals surface area contributed by atoms with Gasteiger partial charge in [-0.1, -0.05) is 19.1 Å². The van der Waals surface area contributed by atoms with Crippen LogP contribution < -0.4 is 0 Å². The number of Topliss-reactive ketones (excluding diaryl/α,β-unsaturated/α-hetero) is 1. The van der Waals surface area contributed by atoms with Gasteiger partial charge in [0.15, 0.2) is 5.78 Å². The molecule has 0 aromatic heterocycles. The Morgan fingerprint density at radius 3 is 2.71 bits per heavy atom. The summed E-state index contributed by atoms with van der Waals surface area (Å²) in [6, 6.07) is 6.62. The molecular formula is C14H18FNO. The Morgan fingerprint density at radius 2 is 2.12 bits per heavy atom. The van der Waals surface area contributed by atoms with Crippen LogP contribution in [-0.2, 0) is 0 Å². The summed E-state index contributed by atoms with van der Waals surface area (Å²) in [5.41, 5.74) is 0.208. The fraction of sp³-hybridized carbons (Fsp3) is 0.500. The molecule has 0 aliphatic carbocycles. The van der Waals surface area contributed by atoms with Crippen molar-refractivity contribution in [1.29, 1.82) is 0 Å². The number of carbonyl (C=O) groups is 1. The van der Waals surface area contributed by atoms with Crippen LogP contribution in [0.15, 0.2) is 24.3 Å². The quantitative estimate of drug-likeness (QED) is 0.751. The van der Waals surface area contributed by atoms with E-state index in [1.807, 2.05) is 0 Å². The zero-order chi connectivity index (χ0) is 12.4. The third kappa shape index (κ3) is 2.72. The minimum absolute atomic E-state index is 0.121. The van der Waals surface area contributed by atoms with Gasteiger partial charge in [-0.2, -0.15) is 0 Å². The van der Waals surface area contributed by atoms with Crippen LogP contribution in [0.2, 0.25) is 0 Å². The molecule has 2 nitrogen and oxygen atoms in total. The second-order valence-electron chi connectivity index (χ2n) is 5.02. The van der Waals surface area contributed by atoms with Crippen molar-refractivity contribution in [2.75, 3.05) is 13.1 Å². The van der Waals surface area contributed by atoms with Gasteiger partial charge in [0.2, 0.25) is 0 Å². The van der Waals surface area contributed by atoms with E-state index in [0.717, 1.165) is 13.0 Å². The first-order chi connectivity index (χ1) is 8.08. The van der Waals surface area contributed by atoms with Crippen molar-refractivity contribution in [3.8, 4) is 0 Å². The van der Waals surface area contributed by atoms with Crippen LogP contribution in [0.3, 0.4) is 0 Å². The van der Waals surface area contributed by atoms with Crippen molar-refractivity contribution in [3.05, 3.63) is 35.6 Å². The highest BCUT2D eigenvalue weighted by Crippen LogP contribution is 2.22. The number of hydrogen-bond acceptors (Lipinski definition) is 2. The van der Waals surface area contributed by atoms with Crippen LogP contribution in [0.4, 0.5) is 4.39 Å². The van der Waals surface area contributed by atoms with Gasteiger partial charge >= 0.3 is 0 Å². The van der Waals surface area contributed by atoms with E-state index in [2.05, 4.69) is 18.7 Å². The fourth-order valence-corrected chi connectivity index (χ4v) is 2.56. The Hall–Kier alpha value is -1.22. The summed E-state index contributed by atoms with van der Waals surface area (Å²) in [6.07, 6.45) is 1.12. The normalized spacial score (nSPS) is 25.1. The summed E-state index contributed by atoms with van der Waals surface area (Å²) in [5.74, 6) is 0.0832. The predicted octanol–water partition coefficient (Wildman–Crippen LogP) is 2.74. The zero-order valence-corrected chi connectivity index (χ0v) is 10.3. The van der Waals surface area contributed by atoms with Crippen molar-refractivity contribution in [1.82, 2.24) is 4.90 Å². The average Bonchev–Trinajstić information content (AvgIpc) is 2.58. The lowest BCUT2D eigenvalue weighted by atomic mass is 10.1. The van der Waals surface area contributed by atoms with E-state index in [-0.39, 0.29) is 11.3 Å². The molecule has 1 aliphatic rings. The van der Waals surface area contributed by atoms with E-state index in [1.54, 1.807) is 18.2 Å². The Morgan fingerprint density at radius 1 is 1.41 bits per heavy atom. The van der Waals surface area contributed by atoms with Gasteiger partial charge in [-0.3, -0.25) is 9.69 Å². The molecule has 1 saturated heterocycles. The van der Waals surface area contributed by atoms with Gasteiger partial charge in [-0.25, -0.2) is 4.39 Å². The molecule has 0 bridgehead atoms. The maximum absolute atomic E-state index is 13.4. The fourth-order valence-electron chi connectivity index (χ4n) is 2.56. The minimum atomic E-state index is -0.419. The molecular weight excluding hydrogens is 217 g/mol. The third-order valence-electron chi connectivity index (χ3n) is 3.43. The maximum Gasteiger partial charge on any atom is 0.179 e. The molecule has 2 atom stereocenters. The first-order valence-electron chi connectivity index (χ1n) is 6.09. The van der Waals surface area contributed by atoms with Gasteiger partial charge < -0.3 is 0 Å². The van der Waals surface area contributed by atoms with E-state index >= 15 is 0 Å². The van der Waals surface area contributed by atoms with Crippen LogP contribution in [-0.4, -0.2) is 29.8 Å². The Bertz CT molecular complexity index is 418. The molecule has 2 unspecified atom stereocenters. The predicted molar refractivity (Wildman–Crippen MR) is 65.5 cm³/mol. The summed E-state index contributed by atoms with van der Waals surface area (Å²) in [7, 11) is 0. The number of benzene rings is 1. The molecule has 3 heteroatoms. The highest BCUT2D eigenvalue weighted by Gasteiger charge is 2.28. The lowest BCUT2D eigenvalue weighted by molar-refractivity contribution is 0.0921. The van der Waals surface area contributed by atoms with E-state index in [4.69, 9.17) is 0 Å². The van der Waals surface area contributed by atoms with E-state index in [1.165, 1.54) is 6.07 Å². The molecule has 92 valence electrons. The summed E-state index contributed by atoms with van der Waals surface area (Å²) in [4.78, 5) is 14.1. The second-order valence-corrected chi connectivity index (χ2v) is 5.02. The Balaban J connectivity index is 2.05. The van der Waals surface area contributed by atoms with Crippen LogP contribution in [0.25, 0.3) is 0 Å². The number of nitrogens with zero attached hydrogens (tertiary/aromatic N) is 1. The lowest BCUT2D eigenvalue weighted by Crippen LogP contribution is -2.33. The summed E-state index contributed by atoms with van der Waals surface area (Å²) in [6.45, 7) is 5.57. The number of rotatable bonds is 3. The number of halogens is 1. The van der Waals surface area contributed by atoms with E-state index < -0.39 is 5.82 Å². The monoisotopic (exact) mass is 235 g/mol.